The van der Waals surface area contributed by atoms with Crippen LogP contribution in [0, 0.1) is 5.82 Å². The summed E-state index contributed by atoms with van der Waals surface area (Å²) in [5.41, 5.74) is 1.07. The molecule has 2 aromatic carbocycles. The summed E-state index contributed by atoms with van der Waals surface area (Å²) < 4.78 is 18.9. The number of halogens is 1. The maximum absolute atomic E-state index is 13.5. The second kappa shape index (κ2) is 6.94. The van der Waals surface area contributed by atoms with Gasteiger partial charge in [0.1, 0.15) is 0 Å². The molecule has 0 radical (unpaired) electrons. The van der Waals surface area contributed by atoms with Crippen molar-refractivity contribution in [3.05, 3.63) is 53.8 Å². The second-order valence-electron chi connectivity index (χ2n) is 4.79. The maximum atomic E-state index is 13.5. The molecular formula is C17H19FO2. The van der Waals surface area contributed by atoms with Gasteiger partial charge in [0.15, 0.2) is 23.1 Å². The summed E-state index contributed by atoms with van der Waals surface area (Å²) in [5, 5.41) is 9.95. The molecule has 0 spiro atoms. The number of para-hydroxylation sites is 1. The highest BCUT2D eigenvalue weighted by molar-refractivity contribution is 5.44. The number of hydrogen-bond donors (Lipinski definition) is 1. The van der Waals surface area contributed by atoms with Gasteiger partial charge in [-0.05, 0) is 42.7 Å². The van der Waals surface area contributed by atoms with E-state index in [1.54, 1.807) is 24.3 Å². The minimum absolute atomic E-state index is 0.0438. The van der Waals surface area contributed by atoms with Crippen LogP contribution < -0.4 is 4.74 Å². The molecule has 0 fully saturated rings. The normalized spacial score (nSPS) is 10.5. The molecule has 3 heteroatoms. The molecule has 106 valence electrons. The SMILES string of the molecule is CCCCCc1ccc(Oc2ccccc2F)c(O)c1. The van der Waals surface area contributed by atoms with Crippen LogP contribution in [0.1, 0.15) is 31.7 Å². The summed E-state index contributed by atoms with van der Waals surface area (Å²) in [6.45, 7) is 2.16. The number of hydrogen-bond acceptors (Lipinski definition) is 2. The molecule has 20 heavy (non-hydrogen) atoms. The third kappa shape index (κ3) is 3.73. The molecule has 0 aliphatic rings. The predicted molar refractivity (Wildman–Crippen MR) is 77.8 cm³/mol. The molecule has 0 aliphatic carbocycles. The number of benzene rings is 2. The van der Waals surface area contributed by atoms with E-state index < -0.39 is 5.82 Å². The summed E-state index contributed by atoms with van der Waals surface area (Å²) in [4.78, 5) is 0. The Morgan fingerprint density at radius 1 is 1.05 bits per heavy atom. The van der Waals surface area contributed by atoms with Crippen LogP contribution in [0.15, 0.2) is 42.5 Å². The largest absolute Gasteiger partial charge is 0.504 e. The summed E-state index contributed by atoms with van der Waals surface area (Å²) in [6, 6.07) is 11.4. The fraction of sp³-hybridized carbons (Fsp3) is 0.294. The molecule has 0 bridgehead atoms. The van der Waals surface area contributed by atoms with Crippen molar-refractivity contribution in [1.82, 2.24) is 0 Å². The van der Waals surface area contributed by atoms with Crippen LogP contribution in [0.3, 0.4) is 0 Å². The Morgan fingerprint density at radius 2 is 1.85 bits per heavy atom. The van der Waals surface area contributed by atoms with Gasteiger partial charge in [0, 0.05) is 0 Å². The topological polar surface area (TPSA) is 29.5 Å². The summed E-state index contributed by atoms with van der Waals surface area (Å²) in [5.74, 6) is -0.0166. The van der Waals surface area contributed by atoms with Gasteiger partial charge < -0.3 is 9.84 Å². The van der Waals surface area contributed by atoms with Crippen LogP contribution in [-0.2, 0) is 6.42 Å². The Morgan fingerprint density at radius 3 is 2.55 bits per heavy atom. The van der Waals surface area contributed by atoms with Gasteiger partial charge in [0.25, 0.3) is 0 Å². The van der Waals surface area contributed by atoms with Gasteiger partial charge in [-0.25, -0.2) is 4.39 Å². The van der Waals surface area contributed by atoms with Gasteiger partial charge in [0.05, 0.1) is 0 Å². The van der Waals surface area contributed by atoms with Gasteiger partial charge in [-0.1, -0.05) is 38.0 Å². The van der Waals surface area contributed by atoms with E-state index in [0.717, 1.165) is 18.4 Å². The van der Waals surface area contributed by atoms with Crippen LogP contribution in [0.2, 0.25) is 0 Å². The van der Waals surface area contributed by atoms with Crippen LogP contribution in [-0.4, -0.2) is 5.11 Å². The van der Waals surface area contributed by atoms with E-state index >= 15 is 0 Å². The molecule has 1 N–H and O–H groups in total. The van der Waals surface area contributed by atoms with Crippen molar-refractivity contribution in [3.8, 4) is 17.2 Å². The Bertz CT molecular complexity index is 567. The van der Waals surface area contributed by atoms with Crippen molar-refractivity contribution in [1.29, 1.82) is 0 Å². The molecule has 0 heterocycles. The van der Waals surface area contributed by atoms with Crippen LogP contribution >= 0.6 is 0 Å². The van der Waals surface area contributed by atoms with E-state index in [-0.39, 0.29) is 17.2 Å². The Labute approximate surface area is 118 Å². The highest BCUT2D eigenvalue weighted by atomic mass is 19.1. The first-order chi connectivity index (χ1) is 9.70. The average molecular weight is 274 g/mol. The van der Waals surface area contributed by atoms with E-state index in [9.17, 15) is 9.50 Å². The van der Waals surface area contributed by atoms with Crippen molar-refractivity contribution >= 4 is 0 Å². The number of rotatable bonds is 6. The number of ether oxygens (including phenoxy) is 1. The van der Waals surface area contributed by atoms with E-state index in [0.29, 0.717) is 0 Å². The molecule has 0 unspecified atom stereocenters. The van der Waals surface area contributed by atoms with Crippen molar-refractivity contribution in [2.75, 3.05) is 0 Å². The third-order valence-corrected chi connectivity index (χ3v) is 3.15. The molecular weight excluding hydrogens is 255 g/mol. The standard InChI is InChI=1S/C17H19FO2/c1-2-3-4-7-13-10-11-17(15(19)12-13)20-16-9-6-5-8-14(16)18/h5-6,8-12,19H,2-4,7H2,1H3. The minimum atomic E-state index is -0.445. The molecule has 2 aromatic rings. The second-order valence-corrected chi connectivity index (χ2v) is 4.79. The predicted octanol–water partition coefficient (Wildman–Crippen LogP) is 5.06. The zero-order valence-electron chi connectivity index (χ0n) is 11.6. The third-order valence-electron chi connectivity index (χ3n) is 3.15. The van der Waals surface area contributed by atoms with Crippen molar-refractivity contribution in [3.63, 3.8) is 0 Å². The van der Waals surface area contributed by atoms with Crippen molar-refractivity contribution in [2.24, 2.45) is 0 Å². The Kier molecular flexibility index (Phi) is 4.99. The van der Waals surface area contributed by atoms with E-state index in [1.165, 1.54) is 25.0 Å². The Balaban J connectivity index is 2.08. The van der Waals surface area contributed by atoms with Gasteiger partial charge in [-0.2, -0.15) is 0 Å². The van der Waals surface area contributed by atoms with E-state index in [1.807, 2.05) is 6.07 Å². The first-order valence-electron chi connectivity index (χ1n) is 6.95. The lowest BCUT2D eigenvalue weighted by Gasteiger charge is -2.09. The van der Waals surface area contributed by atoms with Gasteiger partial charge in [-0.15, -0.1) is 0 Å². The number of unbranched alkanes of at least 4 members (excludes halogenated alkanes) is 2. The van der Waals surface area contributed by atoms with Crippen LogP contribution in [0.4, 0.5) is 4.39 Å². The van der Waals surface area contributed by atoms with Gasteiger partial charge >= 0.3 is 0 Å². The van der Waals surface area contributed by atoms with E-state index in [4.69, 9.17) is 4.74 Å². The molecule has 2 rings (SSSR count). The smallest absolute Gasteiger partial charge is 0.169 e. The molecule has 0 saturated heterocycles. The molecule has 0 saturated carbocycles. The first-order valence-corrected chi connectivity index (χ1v) is 6.95. The monoisotopic (exact) mass is 274 g/mol. The number of phenolic OH excluding ortho intramolecular Hbond substituents is 1. The molecule has 0 aromatic heterocycles. The van der Waals surface area contributed by atoms with E-state index in [2.05, 4.69) is 6.92 Å². The maximum Gasteiger partial charge on any atom is 0.169 e. The quantitative estimate of drug-likeness (QED) is 0.746. The lowest BCUT2D eigenvalue weighted by atomic mass is 10.1. The molecule has 0 aliphatic heterocycles. The highest BCUT2D eigenvalue weighted by Gasteiger charge is 2.08. The van der Waals surface area contributed by atoms with Gasteiger partial charge in [-0.3, -0.25) is 0 Å². The van der Waals surface area contributed by atoms with Crippen molar-refractivity contribution < 1.29 is 14.2 Å². The molecule has 2 nitrogen and oxygen atoms in total. The average Bonchev–Trinajstić information content (AvgIpc) is 2.44. The zero-order chi connectivity index (χ0) is 14.4. The first kappa shape index (κ1) is 14.4. The number of aromatic hydroxyl groups is 1. The minimum Gasteiger partial charge on any atom is -0.504 e. The zero-order valence-corrected chi connectivity index (χ0v) is 11.6. The molecule has 0 amide bonds. The highest BCUT2D eigenvalue weighted by Crippen LogP contribution is 2.32. The summed E-state index contributed by atoms with van der Waals surface area (Å²) in [7, 11) is 0. The fourth-order valence-corrected chi connectivity index (χ4v) is 2.03. The van der Waals surface area contributed by atoms with Crippen molar-refractivity contribution in [2.45, 2.75) is 32.6 Å². The van der Waals surface area contributed by atoms with Crippen LogP contribution in [0.25, 0.3) is 0 Å². The lowest BCUT2D eigenvalue weighted by molar-refractivity contribution is 0.395. The molecule has 0 atom stereocenters. The summed E-state index contributed by atoms with van der Waals surface area (Å²) in [6.07, 6.45) is 4.37. The Hall–Kier alpha value is -2.03. The van der Waals surface area contributed by atoms with Gasteiger partial charge in [0.2, 0.25) is 0 Å². The lowest BCUT2D eigenvalue weighted by Crippen LogP contribution is -1.90. The number of phenols is 1. The van der Waals surface area contributed by atoms with Crippen LogP contribution in [0.5, 0.6) is 17.2 Å². The fourth-order valence-electron chi connectivity index (χ4n) is 2.03. The number of aryl methyl sites for hydroxylation is 1. The summed E-state index contributed by atoms with van der Waals surface area (Å²) >= 11 is 0.